The van der Waals surface area contributed by atoms with Crippen molar-refractivity contribution in [2.24, 2.45) is 22.4 Å². The largest absolute Gasteiger partial charge is 0.475 e. The molecule has 0 aliphatic rings. The average molecular weight is 373 g/mol. The van der Waals surface area contributed by atoms with Gasteiger partial charge in [-0.25, -0.2) is 4.79 Å². The zero-order chi connectivity index (χ0) is 20.0. The van der Waals surface area contributed by atoms with Crippen LogP contribution in [0, 0.1) is 6.92 Å². The number of hydrogen-bond acceptors (Lipinski definition) is 8. The Morgan fingerprint density at radius 1 is 1.22 bits per heavy atom. The molecule has 0 spiro atoms. The standard InChI is InChI=1S/C17H23N7O3/c1-6-16(19-18-12(3)13(4)20-26)27-10-14-11(2)8-7-9-15(14)24-17(25)23(5)21-22-24/h7-9,26H,6,10H2,1-5H3/b18-12?,19-16-,20-13?. The van der Waals surface area contributed by atoms with E-state index < -0.39 is 0 Å². The highest BCUT2D eigenvalue weighted by Crippen LogP contribution is 2.18. The van der Waals surface area contributed by atoms with E-state index in [2.05, 4.69) is 25.8 Å². The minimum Gasteiger partial charge on any atom is -0.475 e. The lowest BCUT2D eigenvalue weighted by Gasteiger charge is -2.13. The molecule has 0 saturated heterocycles. The maximum absolute atomic E-state index is 12.2. The summed E-state index contributed by atoms with van der Waals surface area (Å²) in [4.78, 5) is 12.2. The summed E-state index contributed by atoms with van der Waals surface area (Å²) in [7, 11) is 1.54. The summed E-state index contributed by atoms with van der Waals surface area (Å²) in [6.07, 6.45) is 0.526. The van der Waals surface area contributed by atoms with Crippen molar-refractivity contribution in [3.8, 4) is 5.69 Å². The minimum atomic E-state index is -0.342. The number of aromatic nitrogens is 4. The fraction of sp³-hybridized carbons (Fsp3) is 0.412. The van der Waals surface area contributed by atoms with E-state index in [0.29, 0.717) is 29.4 Å². The van der Waals surface area contributed by atoms with Gasteiger partial charge in [-0.15, -0.1) is 5.10 Å². The molecule has 1 heterocycles. The molecule has 0 amide bonds. The van der Waals surface area contributed by atoms with Gasteiger partial charge in [-0.2, -0.15) is 14.5 Å². The Morgan fingerprint density at radius 2 is 1.96 bits per heavy atom. The van der Waals surface area contributed by atoms with E-state index in [4.69, 9.17) is 9.94 Å². The lowest BCUT2D eigenvalue weighted by Crippen LogP contribution is -2.23. The molecular formula is C17H23N7O3. The molecule has 0 fully saturated rings. The third-order valence-electron chi connectivity index (χ3n) is 4.01. The van der Waals surface area contributed by atoms with E-state index in [1.165, 1.54) is 11.7 Å². The Hall–Kier alpha value is -3.30. The number of oxime groups is 1. The van der Waals surface area contributed by atoms with Crippen LogP contribution in [0.25, 0.3) is 5.69 Å². The highest BCUT2D eigenvalue weighted by molar-refractivity contribution is 6.40. The Labute approximate surface area is 156 Å². The molecule has 10 heteroatoms. The molecule has 0 atom stereocenters. The lowest BCUT2D eigenvalue weighted by molar-refractivity contribution is 0.282. The van der Waals surface area contributed by atoms with Gasteiger partial charge in [0, 0.05) is 19.0 Å². The summed E-state index contributed by atoms with van der Waals surface area (Å²) in [5.74, 6) is 0.417. The number of hydrogen-bond donors (Lipinski definition) is 1. The fourth-order valence-corrected chi connectivity index (χ4v) is 2.17. The second-order valence-electron chi connectivity index (χ2n) is 5.88. The zero-order valence-electron chi connectivity index (χ0n) is 16.0. The Kier molecular flexibility index (Phi) is 6.58. The first-order chi connectivity index (χ1) is 12.9. The first-order valence-corrected chi connectivity index (χ1v) is 8.39. The Bertz CT molecular complexity index is 954. The van der Waals surface area contributed by atoms with E-state index in [-0.39, 0.29) is 12.3 Å². The van der Waals surface area contributed by atoms with E-state index in [1.807, 2.05) is 26.0 Å². The van der Waals surface area contributed by atoms with E-state index in [1.54, 1.807) is 19.9 Å². The second-order valence-corrected chi connectivity index (χ2v) is 5.88. The van der Waals surface area contributed by atoms with Gasteiger partial charge in [0.05, 0.1) is 17.1 Å². The van der Waals surface area contributed by atoms with Crippen LogP contribution in [0.15, 0.2) is 38.4 Å². The van der Waals surface area contributed by atoms with Crippen LogP contribution in [0.1, 0.15) is 38.3 Å². The predicted octanol–water partition coefficient (Wildman–Crippen LogP) is 1.83. The third kappa shape index (κ3) is 4.66. The van der Waals surface area contributed by atoms with Crippen molar-refractivity contribution >= 4 is 17.3 Å². The van der Waals surface area contributed by atoms with Crippen LogP contribution in [0.4, 0.5) is 0 Å². The van der Waals surface area contributed by atoms with Crippen LogP contribution in [0.3, 0.4) is 0 Å². The number of benzene rings is 1. The van der Waals surface area contributed by atoms with Crippen molar-refractivity contribution in [2.45, 2.75) is 40.7 Å². The molecule has 0 aliphatic carbocycles. The second kappa shape index (κ2) is 8.88. The van der Waals surface area contributed by atoms with Crippen molar-refractivity contribution in [3.63, 3.8) is 0 Å². The molecule has 0 aliphatic heterocycles. The van der Waals surface area contributed by atoms with Gasteiger partial charge in [-0.1, -0.05) is 24.2 Å². The third-order valence-corrected chi connectivity index (χ3v) is 4.01. The van der Waals surface area contributed by atoms with Crippen molar-refractivity contribution in [1.82, 2.24) is 19.8 Å². The number of nitrogens with zero attached hydrogens (tertiary/aromatic N) is 7. The summed E-state index contributed by atoms with van der Waals surface area (Å²) in [5.41, 5.74) is 2.86. The van der Waals surface area contributed by atoms with Gasteiger partial charge >= 0.3 is 5.69 Å². The maximum Gasteiger partial charge on any atom is 0.368 e. The van der Waals surface area contributed by atoms with Crippen molar-refractivity contribution in [2.75, 3.05) is 0 Å². The number of tetrazole rings is 1. The van der Waals surface area contributed by atoms with Crippen molar-refractivity contribution in [3.05, 3.63) is 39.8 Å². The smallest absolute Gasteiger partial charge is 0.368 e. The summed E-state index contributed by atoms with van der Waals surface area (Å²) in [5, 5.41) is 27.6. The molecule has 1 aromatic carbocycles. The zero-order valence-corrected chi connectivity index (χ0v) is 16.0. The van der Waals surface area contributed by atoms with Crippen LogP contribution in [-0.4, -0.2) is 42.3 Å². The molecule has 0 saturated carbocycles. The molecule has 10 nitrogen and oxygen atoms in total. The molecule has 0 unspecified atom stereocenters. The van der Waals surface area contributed by atoms with E-state index >= 15 is 0 Å². The lowest BCUT2D eigenvalue weighted by atomic mass is 10.1. The predicted molar refractivity (Wildman–Crippen MR) is 102 cm³/mol. The number of ether oxygens (including phenoxy) is 1. The van der Waals surface area contributed by atoms with Crippen LogP contribution in [0.5, 0.6) is 0 Å². The van der Waals surface area contributed by atoms with Gasteiger partial charge in [-0.3, -0.25) is 0 Å². The first-order valence-electron chi connectivity index (χ1n) is 8.39. The fourth-order valence-electron chi connectivity index (χ4n) is 2.17. The number of aryl methyl sites for hydroxylation is 2. The van der Waals surface area contributed by atoms with Gasteiger partial charge in [0.25, 0.3) is 0 Å². The highest BCUT2D eigenvalue weighted by atomic mass is 16.5. The van der Waals surface area contributed by atoms with Gasteiger partial charge in [-0.05, 0) is 42.8 Å². The molecule has 0 bridgehead atoms. The van der Waals surface area contributed by atoms with Crippen molar-refractivity contribution < 1.29 is 9.94 Å². The van der Waals surface area contributed by atoms with Crippen LogP contribution in [-0.2, 0) is 18.4 Å². The number of rotatable bonds is 6. The molecule has 2 aromatic rings. The average Bonchev–Trinajstić information content (AvgIpc) is 3.00. The maximum atomic E-state index is 12.2. The van der Waals surface area contributed by atoms with Crippen LogP contribution < -0.4 is 5.69 Å². The molecule has 1 N–H and O–H groups in total. The summed E-state index contributed by atoms with van der Waals surface area (Å²) in [6, 6.07) is 5.55. The SMILES string of the molecule is CC/C(=N/N=C(C)C(C)=NO)OCc1c(C)cccc1-n1nnn(C)c1=O. The first kappa shape index (κ1) is 20.0. The van der Waals surface area contributed by atoms with Gasteiger partial charge in [0.2, 0.25) is 5.90 Å². The molecule has 27 heavy (non-hydrogen) atoms. The van der Waals surface area contributed by atoms with Crippen molar-refractivity contribution in [1.29, 1.82) is 0 Å². The van der Waals surface area contributed by atoms with Crippen LogP contribution >= 0.6 is 0 Å². The molecular weight excluding hydrogens is 350 g/mol. The summed E-state index contributed by atoms with van der Waals surface area (Å²) >= 11 is 0. The quantitative estimate of drug-likeness (QED) is 0.358. The van der Waals surface area contributed by atoms with Crippen LogP contribution in [0.2, 0.25) is 0 Å². The van der Waals surface area contributed by atoms with Gasteiger partial charge in [0.15, 0.2) is 0 Å². The molecule has 1 aromatic heterocycles. The Balaban J connectivity index is 2.30. The molecule has 2 rings (SSSR count). The molecule has 144 valence electrons. The summed E-state index contributed by atoms with van der Waals surface area (Å²) in [6.45, 7) is 7.32. The minimum absolute atomic E-state index is 0.194. The van der Waals surface area contributed by atoms with Gasteiger partial charge < -0.3 is 9.94 Å². The topological polar surface area (TPSA) is 119 Å². The van der Waals surface area contributed by atoms with Gasteiger partial charge in [0.1, 0.15) is 6.61 Å². The summed E-state index contributed by atoms with van der Waals surface area (Å²) < 4.78 is 8.20. The monoisotopic (exact) mass is 373 g/mol. The Morgan fingerprint density at radius 3 is 2.56 bits per heavy atom. The molecule has 0 radical (unpaired) electrons. The normalized spacial score (nSPS) is 13.1. The van der Waals surface area contributed by atoms with E-state index in [9.17, 15) is 4.79 Å². The highest BCUT2D eigenvalue weighted by Gasteiger charge is 2.14. The van der Waals surface area contributed by atoms with E-state index in [0.717, 1.165) is 15.8 Å².